The number of nitrogens with one attached hydrogen (secondary N) is 1. The maximum absolute atomic E-state index is 5.66. The molecule has 0 bridgehead atoms. The number of rotatable bonds is 5. The van der Waals surface area contributed by atoms with E-state index in [1.165, 1.54) is 0 Å². The van der Waals surface area contributed by atoms with E-state index >= 15 is 0 Å². The third kappa shape index (κ3) is 3.66. The molecule has 90 valence electrons. The molecule has 16 heavy (non-hydrogen) atoms. The van der Waals surface area contributed by atoms with Gasteiger partial charge in [-0.3, -0.25) is 0 Å². The maximum atomic E-state index is 5.66. The van der Waals surface area contributed by atoms with Gasteiger partial charge in [0.05, 0.1) is 7.11 Å². The number of hydrogen-bond acceptors (Lipinski definition) is 5. The lowest BCUT2D eigenvalue weighted by Gasteiger charge is -2.23. The molecule has 0 unspecified atom stereocenters. The summed E-state index contributed by atoms with van der Waals surface area (Å²) in [5.74, 6) is 2.03. The predicted molar refractivity (Wildman–Crippen MR) is 64.6 cm³/mol. The molecule has 5 heteroatoms. The van der Waals surface area contributed by atoms with Crippen LogP contribution >= 0.6 is 0 Å². The van der Waals surface area contributed by atoms with Crippen LogP contribution in [0.4, 0.5) is 5.82 Å². The highest BCUT2D eigenvalue weighted by atomic mass is 16.5. The van der Waals surface area contributed by atoms with Crippen LogP contribution in [-0.4, -0.2) is 30.2 Å². The van der Waals surface area contributed by atoms with E-state index in [-0.39, 0.29) is 5.41 Å². The van der Waals surface area contributed by atoms with Gasteiger partial charge >= 0.3 is 0 Å². The average Bonchev–Trinajstić information content (AvgIpc) is 2.26. The fraction of sp³-hybridized carbons (Fsp3) is 0.636. The molecular weight excluding hydrogens is 204 g/mol. The molecule has 0 saturated carbocycles. The quantitative estimate of drug-likeness (QED) is 0.786. The van der Waals surface area contributed by atoms with Crippen molar-refractivity contribution in [1.29, 1.82) is 0 Å². The van der Waals surface area contributed by atoms with Crippen LogP contribution in [0.25, 0.3) is 0 Å². The van der Waals surface area contributed by atoms with Crippen molar-refractivity contribution in [2.45, 2.75) is 20.8 Å². The highest BCUT2D eigenvalue weighted by molar-refractivity contribution is 5.38. The topological polar surface area (TPSA) is 73.1 Å². The molecule has 0 aromatic carbocycles. The molecule has 1 aromatic rings. The van der Waals surface area contributed by atoms with Crippen molar-refractivity contribution in [3.8, 4) is 5.88 Å². The number of anilines is 1. The first-order chi connectivity index (χ1) is 7.46. The van der Waals surface area contributed by atoms with E-state index in [1.54, 1.807) is 13.2 Å². The van der Waals surface area contributed by atoms with Gasteiger partial charge < -0.3 is 15.8 Å². The molecular formula is C11H20N4O. The van der Waals surface area contributed by atoms with Crippen molar-refractivity contribution in [2.75, 3.05) is 25.5 Å². The lowest BCUT2D eigenvalue weighted by molar-refractivity contribution is 0.394. The molecule has 3 N–H and O–H groups in total. The molecule has 1 rings (SSSR count). The zero-order chi connectivity index (χ0) is 12.2. The molecule has 0 amide bonds. The van der Waals surface area contributed by atoms with E-state index < -0.39 is 0 Å². The van der Waals surface area contributed by atoms with Crippen LogP contribution in [0, 0.1) is 12.3 Å². The Morgan fingerprint density at radius 2 is 2.12 bits per heavy atom. The van der Waals surface area contributed by atoms with Gasteiger partial charge in [-0.05, 0) is 18.9 Å². The number of nitrogens with zero attached hydrogens (tertiary/aromatic N) is 2. The molecule has 0 atom stereocenters. The Kier molecular flexibility index (Phi) is 4.06. The Hall–Kier alpha value is -1.36. The van der Waals surface area contributed by atoms with Gasteiger partial charge in [0.1, 0.15) is 11.6 Å². The second kappa shape index (κ2) is 5.12. The summed E-state index contributed by atoms with van der Waals surface area (Å²) >= 11 is 0. The Morgan fingerprint density at radius 1 is 1.44 bits per heavy atom. The summed E-state index contributed by atoms with van der Waals surface area (Å²) in [6.07, 6.45) is 0. The number of aromatic nitrogens is 2. The van der Waals surface area contributed by atoms with Crippen molar-refractivity contribution in [1.82, 2.24) is 9.97 Å². The van der Waals surface area contributed by atoms with Gasteiger partial charge in [-0.2, -0.15) is 4.98 Å². The van der Waals surface area contributed by atoms with Gasteiger partial charge in [-0.25, -0.2) is 4.98 Å². The Morgan fingerprint density at radius 3 is 2.69 bits per heavy atom. The van der Waals surface area contributed by atoms with Crippen LogP contribution in [-0.2, 0) is 0 Å². The third-order valence-electron chi connectivity index (χ3n) is 2.32. The van der Waals surface area contributed by atoms with Crippen molar-refractivity contribution < 1.29 is 4.74 Å². The first kappa shape index (κ1) is 12.7. The molecule has 0 saturated heterocycles. The van der Waals surface area contributed by atoms with Crippen molar-refractivity contribution in [3.05, 3.63) is 11.9 Å². The zero-order valence-electron chi connectivity index (χ0n) is 10.4. The lowest BCUT2D eigenvalue weighted by Crippen LogP contribution is -2.31. The van der Waals surface area contributed by atoms with Gasteiger partial charge in [0.25, 0.3) is 0 Å². The number of nitrogens with two attached hydrogens (primary N) is 1. The van der Waals surface area contributed by atoms with E-state index in [1.807, 2.05) is 6.92 Å². The molecule has 1 aromatic heterocycles. The van der Waals surface area contributed by atoms with Crippen LogP contribution in [0.5, 0.6) is 5.88 Å². The first-order valence-electron chi connectivity index (χ1n) is 5.30. The molecule has 5 nitrogen and oxygen atoms in total. The largest absolute Gasteiger partial charge is 0.481 e. The fourth-order valence-corrected chi connectivity index (χ4v) is 1.14. The van der Waals surface area contributed by atoms with Crippen LogP contribution in [0.3, 0.4) is 0 Å². The number of hydrogen-bond donors (Lipinski definition) is 2. The van der Waals surface area contributed by atoms with Gasteiger partial charge in [0, 0.05) is 12.6 Å². The van der Waals surface area contributed by atoms with E-state index in [0.29, 0.717) is 18.2 Å². The minimum absolute atomic E-state index is 0.0477. The van der Waals surface area contributed by atoms with Crippen molar-refractivity contribution >= 4 is 5.82 Å². The average molecular weight is 224 g/mol. The fourth-order valence-electron chi connectivity index (χ4n) is 1.14. The second-order valence-corrected chi connectivity index (χ2v) is 4.56. The summed E-state index contributed by atoms with van der Waals surface area (Å²) in [5, 5.41) is 3.24. The third-order valence-corrected chi connectivity index (χ3v) is 2.32. The van der Waals surface area contributed by atoms with E-state index in [0.717, 1.165) is 12.4 Å². The summed E-state index contributed by atoms with van der Waals surface area (Å²) in [7, 11) is 1.59. The highest BCUT2D eigenvalue weighted by Gasteiger charge is 2.15. The highest BCUT2D eigenvalue weighted by Crippen LogP contribution is 2.16. The van der Waals surface area contributed by atoms with E-state index in [2.05, 4.69) is 29.1 Å². The van der Waals surface area contributed by atoms with Crippen molar-refractivity contribution in [3.63, 3.8) is 0 Å². The summed E-state index contributed by atoms with van der Waals surface area (Å²) in [4.78, 5) is 8.40. The van der Waals surface area contributed by atoms with Crippen LogP contribution in [0.1, 0.15) is 19.7 Å². The second-order valence-electron chi connectivity index (χ2n) is 4.56. The zero-order valence-corrected chi connectivity index (χ0v) is 10.4. The van der Waals surface area contributed by atoms with Crippen molar-refractivity contribution in [2.24, 2.45) is 11.1 Å². The predicted octanol–water partition coefficient (Wildman–Crippen LogP) is 1.19. The van der Waals surface area contributed by atoms with Crippen LogP contribution in [0.2, 0.25) is 0 Å². The minimum Gasteiger partial charge on any atom is -0.481 e. The van der Waals surface area contributed by atoms with Crippen LogP contribution < -0.4 is 15.8 Å². The number of aryl methyl sites for hydroxylation is 1. The maximum Gasteiger partial charge on any atom is 0.218 e. The molecule has 0 radical (unpaired) electrons. The minimum atomic E-state index is 0.0477. The summed E-state index contributed by atoms with van der Waals surface area (Å²) in [6.45, 7) is 7.43. The summed E-state index contributed by atoms with van der Waals surface area (Å²) in [5.41, 5.74) is 5.71. The lowest BCUT2D eigenvalue weighted by atomic mass is 9.94. The molecule has 0 aliphatic carbocycles. The van der Waals surface area contributed by atoms with Gasteiger partial charge in [0.2, 0.25) is 5.88 Å². The first-order valence-corrected chi connectivity index (χ1v) is 5.30. The summed E-state index contributed by atoms with van der Waals surface area (Å²) in [6, 6.07) is 1.78. The van der Waals surface area contributed by atoms with E-state index in [9.17, 15) is 0 Å². The monoisotopic (exact) mass is 224 g/mol. The Bertz CT molecular complexity index is 352. The smallest absolute Gasteiger partial charge is 0.218 e. The summed E-state index contributed by atoms with van der Waals surface area (Å²) < 4.78 is 5.08. The van der Waals surface area contributed by atoms with Crippen LogP contribution in [0.15, 0.2) is 6.07 Å². The van der Waals surface area contributed by atoms with E-state index in [4.69, 9.17) is 10.5 Å². The van der Waals surface area contributed by atoms with Gasteiger partial charge in [-0.1, -0.05) is 13.8 Å². The standard InChI is InChI=1S/C11H20N4O/c1-8-14-9(5-10(15-8)16-4)13-7-11(2,3)6-12/h5H,6-7,12H2,1-4H3,(H,13,14,15). The van der Waals surface area contributed by atoms with Gasteiger partial charge in [0.15, 0.2) is 0 Å². The Balaban J connectivity index is 2.70. The molecule has 0 fully saturated rings. The Labute approximate surface area is 96.4 Å². The SMILES string of the molecule is COc1cc(NCC(C)(C)CN)nc(C)n1. The molecule has 0 aliphatic heterocycles. The molecule has 0 spiro atoms. The number of methoxy groups -OCH3 is 1. The normalized spacial score (nSPS) is 11.3. The molecule has 1 heterocycles. The number of ether oxygens (including phenoxy) is 1. The van der Waals surface area contributed by atoms with Gasteiger partial charge in [-0.15, -0.1) is 0 Å². The molecule has 0 aliphatic rings.